The van der Waals surface area contributed by atoms with Crippen LogP contribution in [0.15, 0.2) is 24.3 Å². The minimum Gasteiger partial charge on any atom is -0.345 e. The van der Waals surface area contributed by atoms with Crippen LogP contribution in [0.1, 0.15) is 35.3 Å². The second-order valence-electron chi connectivity index (χ2n) is 3.02. The Bertz CT molecular complexity index is 319. The molecule has 0 aromatic heterocycles. The number of hydrogen-bond acceptors (Lipinski definition) is 1. The molecule has 2 nitrogen and oxygen atoms in total. The Hall–Kier alpha value is -1.31. The number of rotatable bonds is 1. The van der Waals surface area contributed by atoms with Gasteiger partial charge in [-0.25, -0.2) is 0 Å². The molecule has 1 aromatic carbocycles. The van der Waals surface area contributed by atoms with E-state index in [-0.39, 0.29) is 11.9 Å². The van der Waals surface area contributed by atoms with Gasteiger partial charge in [0.1, 0.15) is 0 Å². The molecule has 0 unspecified atom stereocenters. The molecular weight excluding hydrogens is 150 g/mol. The lowest BCUT2D eigenvalue weighted by atomic mass is 10.0. The summed E-state index contributed by atoms with van der Waals surface area (Å²) in [6, 6.07) is 7.99. The van der Waals surface area contributed by atoms with E-state index >= 15 is 0 Å². The van der Waals surface area contributed by atoms with Crippen molar-refractivity contribution in [2.75, 3.05) is 0 Å². The van der Waals surface area contributed by atoms with Gasteiger partial charge in [0.2, 0.25) is 0 Å². The molecule has 0 fully saturated rings. The van der Waals surface area contributed by atoms with Gasteiger partial charge in [-0.15, -0.1) is 0 Å². The molecule has 1 heterocycles. The van der Waals surface area contributed by atoms with E-state index in [1.54, 1.807) is 0 Å². The predicted molar refractivity (Wildman–Crippen MR) is 46.9 cm³/mol. The van der Waals surface area contributed by atoms with Crippen molar-refractivity contribution in [3.63, 3.8) is 0 Å². The van der Waals surface area contributed by atoms with Crippen molar-refractivity contribution in [2.45, 2.75) is 19.4 Å². The maximum atomic E-state index is 11.3. The Labute approximate surface area is 71.6 Å². The first-order valence-electron chi connectivity index (χ1n) is 4.22. The minimum absolute atomic E-state index is 0.0671. The van der Waals surface area contributed by atoms with E-state index < -0.39 is 0 Å². The average molecular weight is 161 g/mol. The van der Waals surface area contributed by atoms with Crippen LogP contribution < -0.4 is 5.32 Å². The lowest BCUT2D eigenvalue weighted by molar-refractivity contribution is 0.0955. The molecule has 1 aliphatic heterocycles. The van der Waals surface area contributed by atoms with Gasteiger partial charge in [-0.3, -0.25) is 4.79 Å². The summed E-state index contributed by atoms with van der Waals surface area (Å²) in [5.41, 5.74) is 1.98. The smallest absolute Gasteiger partial charge is 0.252 e. The van der Waals surface area contributed by atoms with Crippen LogP contribution in [0, 0.1) is 0 Å². The molecular formula is C10H11NO. The fourth-order valence-electron chi connectivity index (χ4n) is 1.64. The summed E-state index contributed by atoms with van der Waals surface area (Å²) in [5.74, 6) is 0.0671. The third kappa shape index (κ3) is 0.916. The largest absolute Gasteiger partial charge is 0.345 e. The summed E-state index contributed by atoms with van der Waals surface area (Å²) >= 11 is 0. The van der Waals surface area contributed by atoms with Crippen molar-refractivity contribution in [3.05, 3.63) is 35.4 Å². The van der Waals surface area contributed by atoms with Gasteiger partial charge in [-0.1, -0.05) is 25.1 Å². The molecule has 0 saturated carbocycles. The van der Waals surface area contributed by atoms with Crippen molar-refractivity contribution in [1.29, 1.82) is 0 Å². The highest BCUT2D eigenvalue weighted by atomic mass is 16.2. The molecule has 2 heteroatoms. The lowest BCUT2D eigenvalue weighted by Crippen LogP contribution is -2.17. The van der Waals surface area contributed by atoms with E-state index in [1.807, 2.05) is 24.3 Å². The van der Waals surface area contributed by atoms with Gasteiger partial charge < -0.3 is 5.32 Å². The number of carbonyl (C=O) groups excluding carboxylic acids is 1. The van der Waals surface area contributed by atoms with Gasteiger partial charge in [0.15, 0.2) is 0 Å². The highest BCUT2D eigenvalue weighted by molar-refractivity contribution is 5.99. The van der Waals surface area contributed by atoms with Gasteiger partial charge in [0.05, 0.1) is 6.04 Å². The number of hydrogen-bond donors (Lipinski definition) is 1. The van der Waals surface area contributed by atoms with E-state index in [2.05, 4.69) is 12.2 Å². The molecule has 2 rings (SSSR count). The fraction of sp³-hybridized carbons (Fsp3) is 0.300. The summed E-state index contributed by atoms with van der Waals surface area (Å²) in [7, 11) is 0. The van der Waals surface area contributed by atoms with Crippen molar-refractivity contribution in [3.8, 4) is 0 Å². The Morgan fingerprint density at radius 3 is 2.92 bits per heavy atom. The summed E-state index contributed by atoms with van der Waals surface area (Å²) < 4.78 is 0. The topological polar surface area (TPSA) is 29.1 Å². The molecule has 0 radical (unpaired) electrons. The van der Waals surface area contributed by atoms with Crippen LogP contribution in [0.2, 0.25) is 0 Å². The third-order valence-electron chi connectivity index (χ3n) is 2.29. The van der Waals surface area contributed by atoms with Gasteiger partial charge in [0, 0.05) is 5.56 Å². The fourth-order valence-corrected chi connectivity index (χ4v) is 1.64. The van der Waals surface area contributed by atoms with E-state index in [0.29, 0.717) is 0 Å². The zero-order chi connectivity index (χ0) is 8.55. The zero-order valence-corrected chi connectivity index (χ0v) is 7.00. The SMILES string of the molecule is CC[C@H]1NC(=O)c2ccccc21. The van der Waals surface area contributed by atoms with Crippen molar-refractivity contribution < 1.29 is 4.79 Å². The molecule has 0 saturated heterocycles. The predicted octanol–water partition coefficient (Wildman–Crippen LogP) is 1.88. The van der Waals surface area contributed by atoms with E-state index in [0.717, 1.165) is 17.5 Å². The van der Waals surface area contributed by atoms with Crippen molar-refractivity contribution in [2.24, 2.45) is 0 Å². The van der Waals surface area contributed by atoms with Gasteiger partial charge in [-0.05, 0) is 18.1 Å². The number of amides is 1. The molecule has 62 valence electrons. The third-order valence-corrected chi connectivity index (χ3v) is 2.29. The standard InChI is InChI=1S/C10H11NO/c1-2-9-7-5-3-4-6-8(7)10(12)11-9/h3-6,9H,2H2,1H3,(H,11,12)/t9-/m1/s1. The number of carbonyl (C=O) groups is 1. The first kappa shape index (κ1) is 7.35. The number of fused-ring (bicyclic) bond motifs is 1. The average Bonchev–Trinajstić information content (AvgIpc) is 2.44. The zero-order valence-electron chi connectivity index (χ0n) is 7.00. The summed E-state index contributed by atoms with van der Waals surface area (Å²) in [5, 5.41) is 2.93. The summed E-state index contributed by atoms with van der Waals surface area (Å²) in [6.07, 6.45) is 0.961. The Kier molecular flexibility index (Phi) is 1.61. The molecule has 0 aliphatic carbocycles. The molecule has 12 heavy (non-hydrogen) atoms. The van der Waals surface area contributed by atoms with E-state index in [1.165, 1.54) is 0 Å². The molecule has 0 bridgehead atoms. The number of benzene rings is 1. The maximum Gasteiger partial charge on any atom is 0.252 e. The van der Waals surface area contributed by atoms with Crippen molar-refractivity contribution in [1.82, 2.24) is 5.32 Å². The van der Waals surface area contributed by atoms with Gasteiger partial charge in [0.25, 0.3) is 5.91 Å². The second kappa shape index (κ2) is 2.63. The highest BCUT2D eigenvalue weighted by Crippen LogP contribution is 2.26. The quantitative estimate of drug-likeness (QED) is 0.669. The Balaban J connectivity index is 2.50. The summed E-state index contributed by atoms with van der Waals surface area (Å²) in [6.45, 7) is 2.08. The maximum absolute atomic E-state index is 11.3. The molecule has 1 amide bonds. The van der Waals surface area contributed by atoms with Crippen LogP contribution in [-0.2, 0) is 0 Å². The van der Waals surface area contributed by atoms with Crippen LogP contribution in [0.4, 0.5) is 0 Å². The Morgan fingerprint density at radius 2 is 2.17 bits per heavy atom. The monoisotopic (exact) mass is 161 g/mol. The molecule has 1 N–H and O–H groups in total. The first-order valence-corrected chi connectivity index (χ1v) is 4.22. The molecule has 0 spiro atoms. The first-order chi connectivity index (χ1) is 5.83. The lowest BCUT2D eigenvalue weighted by Gasteiger charge is -2.06. The van der Waals surface area contributed by atoms with E-state index in [4.69, 9.17) is 0 Å². The van der Waals surface area contributed by atoms with Crippen molar-refractivity contribution >= 4 is 5.91 Å². The van der Waals surface area contributed by atoms with Crippen LogP contribution in [-0.4, -0.2) is 5.91 Å². The van der Waals surface area contributed by atoms with Crippen LogP contribution >= 0.6 is 0 Å². The molecule has 1 aromatic rings. The van der Waals surface area contributed by atoms with Gasteiger partial charge in [-0.2, -0.15) is 0 Å². The second-order valence-corrected chi connectivity index (χ2v) is 3.02. The van der Waals surface area contributed by atoms with Gasteiger partial charge >= 0.3 is 0 Å². The van der Waals surface area contributed by atoms with E-state index in [9.17, 15) is 4.79 Å². The van der Waals surface area contributed by atoms with Crippen LogP contribution in [0.25, 0.3) is 0 Å². The highest BCUT2D eigenvalue weighted by Gasteiger charge is 2.25. The Morgan fingerprint density at radius 1 is 1.42 bits per heavy atom. The molecule has 1 aliphatic rings. The normalized spacial score (nSPS) is 20.4. The minimum atomic E-state index is 0.0671. The summed E-state index contributed by atoms with van der Waals surface area (Å²) in [4.78, 5) is 11.3. The van der Waals surface area contributed by atoms with Crippen LogP contribution in [0.3, 0.4) is 0 Å². The molecule has 1 atom stereocenters. The number of nitrogens with one attached hydrogen (secondary N) is 1. The van der Waals surface area contributed by atoms with Crippen LogP contribution in [0.5, 0.6) is 0 Å².